The van der Waals surface area contributed by atoms with Crippen molar-refractivity contribution < 1.29 is 22.3 Å². The molecule has 6 nitrogen and oxygen atoms in total. The summed E-state index contributed by atoms with van der Waals surface area (Å²) in [4.78, 5) is 12.0. The lowest BCUT2D eigenvalue weighted by atomic mass is 10.2. The molecule has 0 saturated carbocycles. The van der Waals surface area contributed by atoms with Crippen LogP contribution < -0.4 is 14.8 Å². The van der Waals surface area contributed by atoms with Crippen LogP contribution in [0, 0.1) is 12.7 Å². The number of halogens is 2. The molecule has 0 spiro atoms. The Morgan fingerprint density at radius 3 is 2.37 bits per heavy atom. The first kappa shape index (κ1) is 21.6. The standard InChI is InChI=1S/C21H18ClFN2O4S/c1-14-2-3-15(22)12-20(14)25-30(27,28)19-10-6-17(7-11-19)24-21(26)13-29-18-8-4-16(23)5-9-18/h2-12,25H,13H2,1H3,(H,24,26). The molecule has 3 aromatic rings. The van der Waals surface area contributed by atoms with Crippen LogP contribution in [0.5, 0.6) is 5.75 Å². The number of carbonyl (C=O) groups excluding carboxylic acids is 1. The number of hydrogen-bond donors (Lipinski definition) is 2. The minimum atomic E-state index is -3.82. The molecule has 0 saturated heterocycles. The molecule has 0 aliphatic heterocycles. The number of ether oxygens (including phenoxy) is 1. The number of hydrogen-bond acceptors (Lipinski definition) is 4. The highest BCUT2D eigenvalue weighted by Crippen LogP contribution is 2.24. The lowest BCUT2D eigenvalue weighted by molar-refractivity contribution is -0.118. The molecule has 0 aliphatic carbocycles. The minimum absolute atomic E-state index is 0.0300. The van der Waals surface area contributed by atoms with E-state index < -0.39 is 21.7 Å². The Hall–Kier alpha value is -3.10. The summed E-state index contributed by atoms with van der Waals surface area (Å²) >= 11 is 5.93. The van der Waals surface area contributed by atoms with Crippen molar-refractivity contribution >= 4 is 38.9 Å². The monoisotopic (exact) mass is 448 g/mol. The number of nitrogens with one attached hydrogen (secondary N) is 2. The van der Waals surface area contributed by atoms with Gasteiger partial charge in [-0.2, -0.15) is 0 Å². The van der Waals surface area contributed by atoms with Gasteiger partial charge in [-0.3, -0.25) is 9.52 Å². The van der Waals surface area contributed by atoms with E-state index in [2.05, 4.69) is 10.0 Å². The molecular weight excluding hydrogens is 431 g/mol. The van der Waals surface area contributed by atoms with Crippen molar-refractivity contribution in [2.45, 2.75) is 11.8 Å². The lowest BCUT2D eigenvalue weighted by Gasteiger charge is -2.12. The Bertz CT molecular complexity index is 1150. The van der Waals surface area contributed by atoms with Crippen LogP contribution >= 0.6 is 11.6 Å². The summed E-state index contributed by atoms with van der Waals surface area (Å²) in [6.07, 6.45) is 0. The zero-order valence-electron chi connectivity index (χ0n) is 15.9. The molecule has 156 valence electrons. The van der Waals surface area contributed by atoms with Gasteiger partial charge in [0.1, 0.15) is 11.6 Å². The van der Waals surface area contributed by atoms with Crippen LogP contribution in [0.4, 0.5) is 15.8 Å². The van der Waals surface area contributed by atoms with Crippen LogP contribution in [0.15, 0.2) is 71.6 Å². The summed E-state index contributed by atoms with van der Waals surface area (Å²) in [5.41, 5.74) is 1.52. The molecule has 3 aromatic carbocycles. The topological polar surface area (TPSA) is 84.5 Å². The van der Waals surface area contributed by atoms with Crippen LogP contribution in [-0.2, 0) is 14.8 Å². The number of rotatable bonds is 7. The second kappa shape index (κ2) is 9.15. The van der Waals surface area contributed by atoms with Crippen molar-refractivity contribution in [3.63, 3.8) is 0 Å². The highest BCUT2D eigenvalue weighted by atomic mass is 35.5. The number of sulfonamides is 1. The third-order valence-corrected chi connectivity index (χ3v) is 5.69. The number of aryl methyl sites for hydroxylation is 1. The van der Waals surface area contributed by atoms with E-state index >= 15 is 0 Å². The Labute approximate surface area is 178 Å². The van der Waals surface area contributed by atoms with Crippen molar-refractivity contribution in [3.05, 3.63) is 83.1 Å². The van der Waals surface area contributed by atoms with E-state index in [-0.39, 0.29) is 11.5 Å². The summed E-state index contributed by atoms with van der Waals surface area (Å²) in [6, 6.07) is 15.9. The van der Waals surface area contributed by atoms with Crippen molar-refractivity contribution in [1.82, 2.24) is 0 Å². The Morgan fingerprint density at radius 1 is 1.03 bits per heavy atom. The van der Waals surface area contributed by atoms with E-state index in [0.717, 1.165) is 5.56 Å². The highest BCUT2D eigenvalue weighted by molar-refractivity contribution is 7.92. The molecule has 1 amide bonds. The van der Waals surface area contributed by atoms with Gasteiger partial charge in [-0.05, 0) is 73.2 Å². The Morgan fingerprint density at radius 2 is 1.70 bits per heavy atom. The quantitative estimate of drug-likeness (QED) is 0.553. The van der Waals surface area contributed by atoms with Gasteiger partial charge in [-0.1, -0.05) is 17.7 Å². The molecule has 0 atom stereocenters. The van der Waals surface area contributed by atoms with Gasteiger partial charge in [0.25, 0.3) is 15.9 Å². The summed E-state index contributed by atoms with van der Waals surface area (Å²) in [5.74, 6) is -0.486. The van der Waals surface area contributed by atoms with Crippen LogP contribution in [0.2, 0.25) is 5.02 Å². The zero-order valence-corrected chi connectivity index (χ0v) is 17.4. The van der Waals surface area contributed by atoms with Gasteiger partial charge in [0, 0.05) is 10.7 Å². The summed E-state index contributed by atoms with van der Waals surface area (Å²) in [6.45, 7) is 1.49. The second-order valence-corrected chi connectivity index (χ2v) is 8.50. The molecule has 0 fully saturated rings. The van der Waals surface area contributed by atoms with Crippen LogP contribution in [0.1, 0.15) is 5.56 Å². The molecule has 0 heterocycles. The SMILES string of the molecule is Cc1ccc(Cl)cc1NS(=O)(=O)c1ccc(NC(=O)COc2ccc(F)cc2)cc1. The van der Waals surface area contributed by atoms with E-state index in [9.17, 15) is 17.6 Å². The predicted octanol–water partition coefficient (Wildman–Crippen LogP) is 4.61. The van der Waals surface area contributed by atoms with E-state index in [1.807, 2.05) is 0 Å². The van der Waals surface area contributed by atoms with Crippen molar-refractivity contribution in [2.24, 2.45) is 0 Å². The van der Waals surface area contributed by atoms with Crippen molar-refractivity contribution in [1.29, 1.82) is 0 Å². The smallest absolute Gasteiger partial charge is 0.262 e. The molecule has 30 heavy (non-hydrogen) atoms. The zero-order chi connectivity index (χ0) is 21.7. The van der Waals surface area contributed by atoms with Gasteiger partial charge < -0.3 is 10.1 Å². The van der Waals surface area contributed by atoms with Gasteiger partial charge in [0.2, 0.25) is 0 Å². The van der Waals surface area contributed by atoms with Crippen LogP contribution in [0.25, 0.3) is 0 Å². The number of carbonyl (C=O) groups is 1. The van der Waals surface area contributed by atoms with Gasteiger partial charge in [-0.15, -0.1) is 0 Å². The fraction of sp³-hybridized carbons (Fsp3) is 0.0952. The molecule has 0 aromatic heterocycles. The molecular formula is C21H18ClFN2O4S. The van der Waals surface area contributed by atoms with Gasteiger partial charge in [-0.25, -0.2) is 12.8 Å². The van der Waals surface area contributed by atoms with E-state index in [1.54, 1.807) is 19.1 Å². The largest absolute Gasteiger partial charge is 0.484 e. The third kappa shape index (κ3) is 5.71. The number of amides is 1. The minimum Gasteiger partial charge on any atom is -0.484 e. The van der Waals surface area contributed by atoms with Crippen LogP contribution in [-0.4, -0.2) is 20.9 Å². The normalized spacial score (nSPS) is 11.0. The number of benzene rings is 3. The number of anilines is 2. The fourth-order valence-electron chi connectivity index (χ4n) is 2.50. The van der Waals surface area contributed by atoms with Gasteiger partial charge in [0.05, 0.1) is 10.6 Å². The van der Waals surface area contributed by atoms with E-state index in [4.69, 9.17) is 16.3 Å². The molecule has 9 heteroatoms. The highest BCUT2D eigenvalue weighted by Gasteiger charge is 2.16. The van der Waals surface area contributed by atoms with E-state index in [1.165, 1.54) is 54.6 Å². The average molecular weight is 449 g/mol. The fourth-order valence-corrected chi connectivity index (χ4v) is 3.80. The Balaban J connectivity index is 1.61. The van der Waals surface area contributed by atoms with Crippen molar-refractivity contribution in [2.75, 3.05) is 16.6 Å². The first-order valence-electron chi connectivity index (χ1n) is 8.80. The maximum Gasteiger partial charge on any atom is 0.262 e. The molecule has 0 radical (unpaired) electrons. The summed E-state index contributed by atoms with van der Waals surface area (Å²) in [5, 5.41) is 3.01. The molecule has 3 rings (SSSR count). The molecule has 0 unspecified atom stereocenters. The van der Waals surface area contributed by atoms with Gasteiger partial charge >= 0.3 is 0 Å². The van der Waals surface area contributed by atoms with Crippen molar-refractivity contribution in [3.8, 4) is 5.75 Å². The second-order valence-electron chi connectivity index (χ2n) is 6.38. The summed E-state index contributed by atoms with van der Waals surface area (Å²) < 4.78 is 45.8. The lowest BCUT2D eigenvalue weighted by Crippen LogP contribution is -2.20. The Kier molecular flexibility index (Phi) is 6.59. The summed E-state index contributed by atoms with van der Waals surface area (Å²) in [7, 11) is -3.82. The van der Waals surface area contributed by atoms with Crippen LogP contribution in [0.3, 0.4) is 0 Å². The average Bonchev–Trinajstić information content (AvgIpc) is 2.70. The molecule has 0 aliphatic rings. The first-order valence-corrected chi connectivity index (χ1v) is 10.7. The first-order chi connectivity index (χ1) is 14.2. The molecule has 0 bridgehead atoms. The maximum absolute atomic E-state index is 12.9. The maximum atomic E-state index is 12.9. The third-order valence-electron chi connectivity index (χ3n) is 4.08. The predicted molar refractivity (Wildman–Crippen MR) is 114 cm³/mol. The molecule has 2 N–H and O–H groups in total. The van der Waals surface area contributed by atoms with E-state index in [0.29, 0.717) is 22.1 Å². The van der Waals surface area contributed by atoms with Gasteiger partial charge in [0.15, 0.2) is 6.61 Å².